The molecule has 104 valence electrons. The second-order valence-electron chi connectivity index (χ2n) is 4.04. The Labute approximate surface area is 123 Å². The lowest BCUT2D eigenvalue weighted by atomic mass is 10.1. The average molecular weight is 299 g/mol. The molecule has 21 heavy (non-hydrogen) atoms. The van der Waals surface area contributed by atoms with Gasteiger partial charge in [0.15, 0.2) is 5.13 Å². The topological polar surface area (TPSA) is 93.8 Å². The predicted molar refractivity (Wildman–Crippen MR) is 79.5 cm³/mol. The Kier molecular flexibility index (Phi) is 3.52. The van der Waals surface area contributed by atoms with Gasteiger partial charge in [-0.2, -0.15) is 0 Å². The van der Waals surface area contributed by atoms with Crippen molar-refractivity contribution in [1.29, 1.82) is 0 Å². The van der Waals surface area contributed by atoms with E-state index >= 15 is 0 Å². The van der Waals surface area contributed by atoms with Crippen LogP contribution in [0.1, 0.15) is 0 Å². The van der Waals surface area contributed by atoms with E-state index in [1.807, 2.05) is 5.38 Å². The summed E-state index contributed by atoms with van der Waals surface area (Å²) in [6.45, 7) is 0. The third-order valence-corrected chi connectivity index (χ3v) is 3.42. The zero-order valence-electron chi connectivity index (χ0n) is 10.6. The van der Waals surface area contributed by atoms with E-state index in [2.05, 4.69) is 20.3 Å². The number of nitro benzene ring substituents is 1. The van der Waals surface area contributed by atoms with E-state index in [-0.39, 0.29) is 5.69 Å². The number of nitrogens with one attached hydrogen (secondary N) is 1. The maximum atomic E-state index is 10.6. The Morgan fingerprint density at radius 1 is 1.14 bits per heavy atom. The van der Waals surface area contributed by atoms with E-state index < -0.39 is 4.92 Å². The molecule has 1 N–H and O–H groups in total. The predicted octanol–water partition coefficient (Wildman–Crippen LogP) is 3.25. The molecule has 1 aromatic carbocycles. The molecule has 0 fully saturated rings. The molecule has 0 saturated carbocycles. The van der Waals surface area contributed by atoms with Crippen molar-refractivity contribution in [2.75, 3.05) is 5.32 Å². The van der Waals surface area contributed by atoms with Crippen LogP contribution in [-0.2, 0) is 0 Å². The smallest absolute Gasteiger partial charge is 0.269 e. The normalized spacial score (nSPS) is 10.3. The molecule has 0 saturated heterocycles. The Hall–Kier alpha value is -2.87. The van der Waals surface area contributed by atoms with Gasteiger partial charge in [-0.25, -0.2) is 15.0 Å². The minimum atomic E-state index is -0.426. The second kappa shape index (κ2) is 5.63. The number of hydrogen-bond acceptors (Lipinski definition) is 7. The lowest BCUT2D eigenvalue weighted by Crippen LogP contribution is -1.94. The van der Waals surface area contributed by atoms with E-state index in [1.165, 1.54) is 23.5 Å². The maximum Gasteiger partial charge on any atom is 0.269 e. The molecule has 0 unspecified atom stereocenters. The van der Waals surface area contributed by atoms with Crippen LogP contribution in [0, 0.1) is 10.1 Å². The summed E-state index contributed by atoms with van der Waals surface area (Å²) in [4.78, 5) is 22.7. The highest BCUT2D eigenvalue weighted by atomic mass is 32.1. The van der Waals surface area contributed by atoms with Crippen LogP contribution >= 0.6 is 11.3 Å². The number of non-ortho nitro benzene ring substituents is 1. The lowest BCUT2D eigenvalue weighted by molar-refractivity contribution is -0.384. The largest absolute Gasteiger partial charge is 0.300 e. The summed E-state index contributed by atoms with van der Waals surface area (Å²) < 4.78 is 0. The summed E-state index contributed by atoms with van der Waals surface area (Å²) in [5.41, 5.74) is 1.62. The van der Waals surface area contributed by atoms with Crippen molar-refractivity contribution >= 4 is 28.1 Å². The van der Waals surface area contributed by atoms with Gasteiger partial charge in [-0.3, -0.25) is 10.1 Å². The van der Waals surface area contributed by atoms with E-state index in [0.29, 0.717) is 11.1 Å². The van der Waals surface area contributed by atoms with Gasteiger partial charge in [0.2, 0.25) is 5.95 Å². The van der Waals surface area contributed by atoms with E-state index in [0.717, 1.165) is 11.3 Å². The molecule has 0 aliphatic rings. The van der Waals surface area contributed by atoms with Crippen LogP contribution in [-0.4, -0.2) is 19.9 Å². The summed E-state index contributed by atoms with van der Waals surface area (Å²) in [5.74, 6) is 0.474. The Bertz CT molecular complexity index is 758. The van der Waals surface area contributed by atoms with Crippen molar-refractivity contribution in [2.45, 2.75) is 0 Å². The fourth-order valence-electron chi connectivity index (χ4n) is 1.68. The highest BCUT2D eigenvalue weighted by Gasteiger charge is 2.08. The van der Waals surface area contributed by atoms with E-state index in [9.17, 15) is 10.1 Å². The molecule has 3 aromatic rings. The first-order chi connectivity index (χ1) is 10.2. The van der Waals surface area contributed by atoms with Gasteiger partial charge >= 0.3 is 0 Å². The Morgan fingerprint density at radius 2 is 1.86 bits per heavy atom. The third kappa shape index (κ3) is 3.00. The monoisotopic (exact) mass is 299 g/mol. The molecule has 3 rings (SSSR count). The SMILES string of the molecule is O=[N+]([O-])c1ccc(-c2csc(Nc3ncccn3)n2)cc1. The quantitative estimate of drug-likeness (QED) is 0.587. The van der Waals surface area contributed by atoms with Gasteiger partial charge in [-0.15, -0.1) is 11.3 Å². The molecule has 2 heterocycles. The first-order valence-electron chi connectivity index (χ1n) is 5.97. The molecule has 0 aliphatic heterocycles. The second-order valence-corrected chi connectivity index (χ2v) is 4.90. The minimum absolute atomic E-state index is 0.0602. The molecule has 2 aromatic heterocycles. The number of thiazole rings is 1. The molecular formula is C13H9N5O2S. The van der Waals surface area contributed by atoms with Crippen molar-refractivity contribution < 1.29 is 4.92 Å². The highest BCUT2D eigenvalue weighted by molar-refractivity contribution is 7.14. The summed E-state index contributed by atoms with van der Waals surface area (Å²) in [6, 6.07) is 8.01. The van der Waals surface area contributed by atoms with Crippen molar-refractivity contribution in [3.05, 3.63) is 58.2 Å². The number of nitrogens with zero attached hydrogens (tertiary/aromatic N) is 4. The molecule has 0 bridgehead atoms. The summed E-state index contributed by atoms with van der Waals surface area (Å²) in [7, 11) is 0. The molecule has 7 nitrogen and oxygen atoms in total. The Morgan fingerprint density at radius 3 is 2.52 bits per heavy atom. The van der Waals surface area contributed by atoms with Gasteiger partial charge < -0.3 is 5.32 Å². The maximum absolute atomic E-state index is 10.6. The standard InChI is InChI=1S/C13H9N5O2S/c19-18(20)10-4-2-9(3-5-10)11-8-21-13(16-11)17-12-14-6-1-7-15-12/h1-8H,(H,14,15,16,17). The van der Waals surface area contributed by atoms with Gasteiger partial charge in [0.1, 0.15) is 0 Å². The van der Waals surface area contributed by atoms with Crippen molar-refractivity contribution in [3.63, 3.8) is 0 Å². The van der Waals surface area contributed by atoms with Crippen LogP contribution in [0.3, 0.4) is 0 Å². The van der Waals surface area contributed by atoms with Crippen molar-refractivity contribution in [1.82, 2.24) is 15.0 Å². The molecule has 0 spiro atoms. The first-order valence-corrected chi connectivity index (χ1v) is 6.85. The number of nitro groups is 1. The number of hydrogen-bond donors (Lipinski definition) is 1. The minimum Gasteiger partial charge on any atom is -0.300 e. The van der Waals surface area contributed by atoms with Gasteiger partial charge in [0.05, 0.1) is 10.6 Å². The molecule has 0 aliphatic carbocycles. The van der Waals surface area contributed by atoms with Crippen molar-refractivity contribution in [2.24, 2.45) is 0 Å². The molecular weight excluding hydrogens is 290 g/mol. The van der Waals surface area contributed by atoms with Crippen LogP contribution in [0.4, 0.5) is 16.8 Å². The fraction of sp³-hybridized carbons (Fsp3) is 0. The van der Waals surface area contributed by atoms with Crippen LogP contribution in [0.25, 0.3) is 11.3 Å². The van der Waals surface area contributed by atoms with Crippen LogP contribution < -0.4 is 5.32 Å². The van der Waals surface area contributed by atoms with Crippen molar-refractivity contribution in [3.8, 4) is 11.3 Å². The number of rotatable bonds is 4. The van der Waals surface area contributed by atoms with Crippen LogP contribution in [0.15, 0.2) is 48.1 Å². The molecule has 8 heteroatoms. The summed E-state index contributed by atoms with van der Waals surface area (Å²) in [6.07, 6.45) is 3.28. The van der Waals surface area contributed by atoms with Gasteiger partial charge in [0.25, 0.3) is 5.69 Å². The molecule has 0 atom stereocenters. The fourth-order valence-corrected chi connectivity index (χ4v) is 2.39. The van der Waals surface area contributed by atoms with Gasteiger partial charge in [-0.1, -0.05) is 0 Å². The van der Waals surface area contributed by atoms with E-state index in [1.54, 1.807) is 30.6 Å². The Balaban J connectivity index is 1.80. The van der Waals surface area contributed by atoms with Gasteiger partial charge in [0, 0.05) is 35.5 Å². The number of benzene rings is 1. The molecule has 0 radical (unpaired) electrons. The zero-order chi connectivity index (χ0) is 14.7. The number of anilines is 2. The van der Waals surface area contributed by atoms with Crippen LogP contribution in [0.5, 0.6) is 0 Å². The lowest BCUT2D eigenvalue weighted by Gasteiger charge is -1.99. The third-order valence-electron chi connectivity index (χ3n) is 2.66. The summed E-state index contributed by atoms with van der Waals surface area (Å²) >= 11 is 1.41. The van der Waals surface area contributed by atoms with Crippen LogP contribution in [0.2, 0.25) is 0 Å². The molecule has 0 amide bonds. The zero-order valence-corrected chi connectivity index (χ0v) is 11.4. The average Bonchev–Trinajstić information content (AvgIpc) is 2.97. The first kappa shape index (κ1) is 13.1. The number of aromatic nitrogens is 3. The highest BCUT2D eigenvalue weighted by Crippen LogP contribution is 2.27. The summed E-state index contributed by atoms with van der Waals surface area (Å²) in [5, 5.41) is 16.2. The van der Waals surface area contributed by atoms with E-state index in [4.69, 9.17) is 0 Å². The van der Waals surface area contributed by atoms with Gasteiger partial charge in [-0.05, 0) is 18.2 Å².